The molecule has 0 aliphatic carbocycles. The molecule has 0 spiro atoms. The Hall–Kier alpha value is -1.54. The van der Waals surface area contributed by atoms with Gasteiger partial charge in [-0.1, -0.05) is 0 Å². The fourth-order valence-electron chi connectivity index (χ4n) is 2.15. The number of carbonyl (C=O) groups excluding carboxylic acids is 2. The van der Waals surface area contributed by atoms with Crippen LogP contribution in [0.1, 0.15) is 13.3 Å². The summed E-state index contributed by atoms with van der Waals surface area (Å²) < 4.78 is 0. The van der Waals surface area contributed by atoms with Crippen LogP contribution in [-0.4, -0.2) is 51.5 Å². The highest BCUT2D eigenvalue weighted by molar-refractivity contribution is 8.00. The van der Waals surface area contributed by atoms with Gasteiger partial charge in [0.2, 0.25) is 5.91 Å². The minimum absolute atomic E-state index is 0.0399. The van der Waals surface area contributed by atoms with E-state index in [-0.39, 0.29) is 35.9 Å². The zero-order valence-corrected chi connectivity index (χ0v) is 11.2. The molecule has 0 bridgehead atoms. The van der Waals surface area contributed by atoms with E-state index >= 15 is 0 Å². The number of fused-ring (bicyclic) bond motifs is 1. The van der Waals surface area contributed by atoms with Crippen molar-refractivity contribution in [2.45, 2.75) is 24.8 Å². The molecule has 0 aromatic carbocycles. The van der Waals surface area contributed by atoms with E-state index in [1.165, 1.54) is 16.7 Å². The van der Waals surface area contributed by atoms with Gasteiger partial charge in [-0.05, 0) is 12.5 Å². The molecule has 2 heterocycles. The van der Waals surface area contributed by atoms with E-state index in [4.69, 9.17) is 10.8 Å². The van der Waals surface area contributed by atoms with Crippen LogP contribution in [-0.2, 0) is 14.4 Å². The van der Waals surface area contributed by atoms with Gasteiger partial charge in [0.05, 0.1) is 0 Å². The van der Waals surface area contributed by atoms with Crippen molar-refractivity contribution < 1.29 is 19.5 Å². The average molecular weight is 285 g/mol. The molecule has 0 aromatic rings. The Kier molecular flexibility index (Phi) is 3.81. The number of hydrogen-bond donors (Lipinski definition) is 3. The van der Waals surface area contributed by atoms with Crippen LogP contribution < -0.4 is 11.1 Å². The maximum atomic E-state index is 12.0. The monoisotopic (exact) mass is 285 g/mol. The van der Waals surface area contributed by atoms with Crippen LogP contribution in [0.5, 0.6) is 0 Å². The first kappa shape index (κ1) is 13.9. The highest BCUT2D eigenvalue weighted by Crippen LogP contribution is 2.40. The molecule has 7 nitrogen and oxygen atoms in total. The molecule has 2 rings (SSSR count). The number of nitrogens with zero attached hydrogens (tertiary/aromatic N) is 1. The zero-order chi connectivity index (χ0) is 14.2. The van der Waals surface area contributed by atoms with Gasteiger partial charge in [-0.25, -0.2) is 4.79 Å². The molecule has 0 aromatic heterocycles. The van der Waals surface area contributed by atoms with E-state index < -0.39 is 12.0 Å². The molecule has 2 atom stereocenters. The van der Waals surface area contributed by atoms with E-state index in [9.17, 15) is 14.4 Å². The number of carboxylic acids is 1. The van der Waals surface area contributed by atoms with Crippen molar-refractivity contribution in [1.82, 2.24) is 10.2 Å². The van der Waals surface area contributed by atoms with Gasteiger partial charge in [-0.15, -0.1) is 11.8 Å². The Bertz CT molecular complexity index is 477. The summed E-state index contributed by atoms with van der Waals surface area (Å²) in [5, 5.41) is 11.4. The van der Waals surface area contributed by atoms with Crippen molar-refractivity contribution in [3.05, 3.63) is 11.3 Å². The number of nitrogens with one attached hydrogen (secondary N) is 1. The van der Waals surface area contributed by atoms with Crippen LogP contribution in [0.4, 0.5) is 0 Å². The Morgan fingerprint density at radius 1 is 1.58 bits per heavy atom. The standard InChI is InChI=1S/C11H15N3O4S/c1-5-4-19-10-7(13-6(15)2-3-12)9(16)14(10)8(5)11(17)18/h7,10H,2-4,12H2,1H3,(H,13,15)(H,17,18)/t7?,10-/m0/s1. The molecular formula is C11H15N3O4S. The lowest BCUT2D eigenvalue weighted by molar-refractivity contribution is -0.150. The third kappa shape index (κ3) is 2.33. The number of amides is 2. The summed E-state index contributed by atoms with van der Waals surface area (Å²) in [6, 6.07) is -0.647. The average Bonchev–Trinajstić information content (AvgIpc) is 2.35. The molecule has 0 radical (unpaired) electrons. The molecule has 1 saturated heterocycles. The lowest BCUT2D eigenvalue weighted by atomic mass is 10.0. The van der Waals surface area contributed by atoms with Gasteiger partial charge >= 0.3 is 5.97 Å². The van der Waals surface area contributed by atoms with Crippen LogP contribution >= 0.6 is 11.8 Å². The topological polar surface area (TPSA) is 113 Å². The van der Waals surface area contributed by atoms with Crippen LogP contribution in [0.2, 0.25) is 0 Å². The predicted octanol–water partition coefficient (Wildman–Crippen LogP) is -0.906. The number of thioether (sulfide) groups is 1. The van der Waals surface area contributed by atoms with Gasteiger partial charge in [0, 0.05) is 18.7 Å². The Morgan fingerprint density at radius 2 is 2.26 bits per heavy atom. The molecule has 19 heavy (non-hydrogen) atoms. The van der Waals surface area contributed by atoms with Crippen molar-refractivity contribution in [3.63, 3.8) is 0 Å². The normalized spacial score (nSPS) is 25.8. The highest BCUT2D eigenvalue weighted by Gasteiger charge is 2.53. The predicted molar refractivity (Wildman–Crippen MR) is 69.0 cm³/mol. The lowest BCUT2D eigenvalue weighted by Gasteiger charge is -2.49. The zero-order valence-electron chi connectivity index (χ0n) is 10.4. The Morgan fingerprint density at radius 3 is 2.84 bits per heavy atom. The SMILES string of the molecule is CC1=C(C(=O)O)N2C(=O)C(NC(=O)CCN)[C@@H]2SC1. The maximum absolute atomic E-state index is 12.0. The van der Waals surface area contributed by atoms with Crippen molar-refractivity contribution in [3.8, 4) is 0 Å². The summed E-state index contributed by atoms with van der Waals surface area (Å²) in [6.07, 6.45) is 0.155. The molecular weight excluding hydrogens is 270 g/mol. The van der Waals surface area contributed by atoms with Crippen LogP contribution in [0, 0.1) is 0 Å². The second kappa shape index (κ2) is 5.22. The van der Waals surface area contributed by atoms with E-state index in [1.54, 1.807) is 6.92 Å². The maximum Gasteiger partial charge on any atom is 0.352 e. The number of hydrogen-bond acceptors (Lipinski definition) is 5. The summed E-state index contributed by atoms with van der Waals surface area (Å²) in [4.78, 5) is 35.8. The molecule has 1 fully saturated rings. The van der Waals surface area contributed by atoms with Crippen LogP contribution in [0.3, 0.4) is 0 Å². The largest absolute Gasteiger partial charge is 0.477 e. The number of carbonyl (C=O) groups is 3. The smallest absolute Gasteiger partial charge is 0.352 e. The molecule has 104 valence electrons. The molecule has 2 aliphatic rings. The van der Waals surface area contributed by atoms with Crippen LogP contribution in [0.15, 0.2) is 11.3 Å². The van der Waals surface area contributed by atoms with E-state index in [1.807, 2.05) is 0 Å². The van der Waals surface area contributed by atoms with Gasteiger partial charge < -0.3 is 16.2 Å². The van der Waals surface area contributed by atoms with Gasteiger partial charge in [0.15, 0.2) is 0 Å². The first-order valence-electron chi connectivity index (χ1n) is 5.84. The molecule has 2 amide bonds. The van der Waals surface area contributed by atoms with Crippen molar-refractivity contribution in [2.24, 2.45) is 5.73 Å². The third-order valence-corrected chi connectivity index (χ3v) is 4.47. The lowest BCUT2D eigenvalue weighted by Crippen LogP contribution is -2.70. The molecule has 0 saturated carbocycles. The Balaban J connectivity index is 2.11. The van der Waals surface area contributed by atoms with Crippen LogP contribution in [0.25, 0.3) is 0 Å². The first-order chi connectivity index (χ1) is 8.97. The van der Waals surface area contributed by atoms with Crippen molar-refractivity contribution >= 4 is 29.5 Å². The summed E-state index contributed by atoms with van der Waals surface area (Å²) >= 11 is 1.45. The summed E-state index contributed by atoms with van der Waals surface area (Å²) in [5.74, 6) is -1.23. The minimum atomic E-state index is -1.11. The fourth-order valence-corrected chi connectivity index (χ4v) is 3.44. The summed E-state index contributed by atoms with van der Waals surface area (Å²) in [7, 11) is 0. The minimum Gasteiger partial charge on any atom is -0.477 e. The quantitative estimate of drug-likeness (QED) is 0.577. The number of nitrogens with two attached hydrogens (primary N) is 1. The number of carboxylic acid groups (broad SMARTS) is 1. The molecule has 2 aliphatic heterocycles. The third-order valence-electron chi connectivity index (χ3n) is 3.05. The highest BCUT2D eigenvalue weighted by atomic mass is 32.2. The number of rotatable bonds is 4. The molecule has 4 N–H and O–H groups in total. The number of aliphatic carboxylic acids is 1. The van der Waals surface area contributed by atoms with Crippen molar-refractivity contribution in [2.75, 3.05) is 12.3 Å². The summed E-state index contributed by atoms with van der Waals surface area (Å²) in [6.45, 7) is 1.91. The number of β-lactam (4-membered cyclic amide) rings is 1. The fraction of sp³-hybridized carbons (Fsp3) is 0.545. The van der Waals surface area contributed by atoms with Gasteiger partial charge in [-0.3, -0.25) is 14.5 Å². The second-order valence-electron chi connectivity index (χ2n) is 4.43. The Labute approximate surface area is 114 Å². The van der Waals surface area contributed by atoms with Crippen molar-refractivity contribution in [1.29, 1.82) is 0 Å². The van der Waals surface area contributed by atoms with Gasteiger partial charge in [0.1, 0.15) is 17.1 Å². The molecule has 8 heteroatoms. The molecule has 1 unspecified atom stereocenters. The van der Waals surface area contributed by atoms with E-state index in [2.05, 4.69) is 5.32 Å². The van der Waals surface area contributed by atoms with Gasteiger partial charge in [0.25, 0.3) is 5.91 Å². The summed E-state index contributed by atoms with van der Waals surface area (Å²) in [5.41, 5.74) is 5.97. The van der Waals surface area contributed by atoms with Gasteiger partial charge in [-0.2, -0.15) is 0 Å². The van der Waals surface area contributed by atoms with E-state index in [0.29, 0.717) is 11.3 Å². The van der Waals surface area contributed by atoms with E-state index in [0.717, 1.165) is 0 Å². The first-order valence-corrected chi connectivity index (χ1v) is 6.89. The second-order valence-corrected chi connectivity index (χ2v) is 5.53.